The van der Waals surface area contributed by atoms with Crippen LogP contribution in [0.1, 0.15) is 44.7 Å². The number of carbonyl (C=O) groups is 1. The molecule has 0 aliphatic heterocycles. The third kappa shape index (κ3) is 1.49. The third-order valence-corrected chi connectivity index (χ3v) is 5.62. The molecule has 2 aromatic rings. The van der Waals surface area contributed by atoms with Crippen molar-refractivity contribution in [1.82, 2.24) is 10.2 Å². The number of aromatic nitrogens is 2. The highest BCUT2D eigenvalue weighted by atomic mass is 16.1. The Morgan fingerprint density at radius 1 is 1.43 bits per heavy atom. The number of fused-ring (bicyclic) bond motifs is 5. The minimum absolute atomic E-state index is 0.142. The lowest BCUT2D eigenvalue weighted by Crippen LogP contribution is -2.32. The van der Waals surface area contributed by atoms with Crippen LogP contribution in [0.2, 0.25) is 0 Å². The van der Waals surface area contributed by atoms with Gasteiger partial charge in [0, 0.05) is 16.7 Å². The molecule has 0 saturated heterocycles. The van der Waals surface area contributed by atoms with Gasteiger partial charge in [0.25, 0.3) is 0 Å². The van der Waals surface area contributed by atoms with E-state index in [4.69, 9.17) is 0 Å². The quantitative estimate of drug-likeness (QED) is 0.861. The summed E-state index contributed by atoms with van der Waals surface area (Å²) < 4.78 is 0. The molecule has 1 heterocycles. The summed E-state index contributed by atoms with van der Waals surface area (Å²) in [7, 11) is 0. The zero-order chi connectivity index (χ0) is 14.8. The summed E-state index contributed by atoms with van der Waals surface area (Å²) in [5.41, 5.74) is 6.19. The Hall–Kier alpha value is -1.90. The maximum Gasteiger partial charge on any atom is 0.161 e. The maximum absolute atomic E-state index is 12.5. The Labute approximate surface area is 124 Å². The van der Waals surface area contributed by atoms with E-state index in [1.54, 1.807) is 0 Å². The van der Waals surface area contributed by atoms with Crippen LogP contribution in [0, 0.1) is 11.3 Å². The second-order valence-corrected chi connectivity index (χ2v) is 6.70. The summed E-state index contributed by atoms with van der Waals surface area (Å²) in [6, 6.07) is 4.27. The molecule has 0 fully saturated rings. The number of Topliss-reactive ketones (excluding diaryl/α,β-unsaturated/α-hetero) is 1. The lowest BCUT2D eigenvalue weighted by Gasteiger charge is -2.37. The number of hydrogen-bond donors (Lipinski definition) is 1. The highest BCUT2D eigenvalue weighted by Crippen LogP contribution is 2.57. The van der Waals surface area contributed by atoms with E-state index in [0.29, 0.717) is 5.78 Å². The van der Waals surface area contributed by atoms with Crippen LogP contribution in [0.25, 0.3) is 16.5 Å². The zero-order valence-electron chi connectivity index (χ0n) is 12.8. The fraction of sp³-hybridized carbons (Fsp3) is 0.444. The van der Waals surface area contributed by atoms with Gasteiger partial charge in [-0.3, -0.25) is 9.89 Å². The molecular formula is C18H20N2O. The van der Waals surface area contributed by atoms with Crippen LogP contribution in [0.4, 0.5) is 0 Å². The number of allylic oxidation sites excluding steroid dienone is 2. The molecule has 0 saturated carbocycles. The molecule has 0 radical (unpaired) electrons. The number of ketones is 1. The Bertz CT molecular complexity index is 799. The molecule has 108 valence electrons. The van der Waals surface area contributed by atoms with E-state index in [1.807, 2.05) is 13.1 Å². The molecular weight excluding hydrogens is 260 g/mol. The fourth-order valence-electron chi connectivity index (χ4n) is 4.60. The number of H-pyrrole nitrogens is 1. The van der Waals surface area contributed by atoms with Crippen molar-refractivity contribution in [2.75, 3.05) is 0 Å². The molecule has 1 N–H and O–H groups in total. The summed E-state index contributed by atoms with van der Waals surface area (Å²) >= 11 is 0. The Morgan fingerprint density at radius 2 is 2.24 bits per heavy atom. The maximum atomic E-state index is 12.5. The monoisotopic (exact) mass is 280 g/mol. The van der Waals surface area contributed by atoms with Crippen molar-refractivity contribution < 1.29 is 4.79 Å². The van der Waals surface area contributed by atoms with Gasteiger partial charge in [-0.2, -0.15) is 5.10 Å². The van der Waals surface area contributed by atoms with Crippen LogP contribution >= 0.6 is 0 Å². The third-order valence-electron chi connectivity index (χ3n) is 5.62. The minimum Gasteiger partial charge on any atom is -0.294 e. The van der Waals surface area contributed by atoms with E-state index in [9.17, 15) is 4.79 Å². The number of nitrogens with one attached hydrogen (secondary N) is 1. The summed E-state index contributed by atoms with van der Waals surface area (Å²) in [5, 5.41) is 8.46. The van der Waals surface area contributed by atoms with Gasteiger partial charge in [-0.1, -0.05) is 19.9 Å². The van der Waals surface area contributed by atoms with E-state index in [2.05, 4.69) is 36.2 Å². The molecule has 0 unspecified atom stereocenters. The zero-order valence-corrected chi connectivity index (χ0v) is 12.8. The lowest BCUT2D eigenvalue weighted by atomic mass is 9.65. The number of benzene rings is 1. The first-order valence-electron chi connectivity index (χ1n) is 7.78. The van der Waals surface area contributed by atoms with Crippen molar-refractivity contribution >= 4 is 22.3 Å². The highest BCUT2D eigenvalue weighted by molar-refractivity contribution is 6.08. The molecule has 0 spiro atoms. The Morgan fingerprint density at radius 3 is 3.00 bits per heavy atom. The van der Waals surface area contributed by atoms with E-state index in [1.165, 1.54) is 22.1 Å². The second-order valence-electron chi connectivity index (χ2n) is 6.70. The highest BCUT2D eigenvalue weighted by Gasteiger charge is 2.47. The number of carbonyl (C=O) groups excluding carboxylic acids is 1. The van der Waals surface area contributed by atoms with Gasteiger partial charge in [0.1, 0.15) is 0 Å². The molecule has 1 aromatic carbocycles. The fourth-order valence-corrected chi connectivity index (χ4v) is 4.60. The van der Waals surface area contributed by atoms with Crippen molar-refractivity contribution in [3.63, 3.8) is 0 Å². The van der Waals surface area contributed by atoms with Gasteiger partial charge in [-0.25, -0.2) is 0 Å². The van der Waals surface area contributed by atoms with E-state index >= 15 is 0 Å². The van der Waals surface area contributed by atoms with Gasteiger partial charge >= 0.3 is 0 Å². The van der Waals surface area contributed by atoms with Gasteiger partial charge in [-0.05, 0) is 54.5 Å². The van der Waals surface area contributed by atoms with Crippen LogP contribution in [0.3, 0.4) is 0 Å². The van der Waals surface area contributed by atoms with Gasteiger partial charge in [0.15, 0.2) is 5.78 Å². The van der Waals surface area contributed by atoms with Gasteiger partial charge in [0.05, 0.1) is 11.7 Å². The van der Waals surface area contributed by atoms with E-state index in [-0.39, 0.29) is 11.3 Å². The summed E-state index contributed by atoms with van der Waals surface area (Å²) in [4.78, 5) is 12.5. The topological polar surface area (TPSA) is 45.8 Å². The smallest absolute Gasteiger partial charge is 0.161 e. The van der Waals surface area contributed by atoms with Crippen LogP contribution in [0.15, 0.2) is 23.9 Å². The van der Waals surface area contributed by atoms with Crippen LogP contribution in [-0.4, -0.2) is 16.0 Å². The molecule has 4 rings (SSSR count). The Kier molecular flexibility index (Phi) is 2.48. The van der Waals surface area contributed by atoms with Crippen molar-refractivity contribution in [2.45, 2.75) is 40.0 Å². The molecule has 3 heteroatoms. The van der Waals surface area contributed by atoms with Crippen LogP contribution in [0.5, 0.6) is 0 Å². The number of rotatable bonds is 1. The minimum atomic E-state index is 0.142. The number of hydrogen-bond acceptors (Lipinski definition) is 2. The van der Waals surface area contributed by atoms with Crippen molar-refractivity contribution in [3.05, 3.63) is 35.0 Å². The lowest BCUT2D eigenvalue weighted by molar-refractivity contribution is -0.120. The molecule has 2 atom stereocenters. The predicted octanol–water partition coefficient (Wildman–Crippen LogP) is 3.90. The van der Waals surface area contributed by atoms with Crippen molar-refractivity contribution in [2.24, 2.45) is 11.3 Å². The molecule has 3 nitrogen and oxygen atoms in total. The number of aromatic amines is 1. The average Bonchev–Trinajstić information content (AvgIpc) is 3.06. The number of nitrogens with zero attached hydrogens (tertiary/aromatic N) is 1. The first-order valence-corrected chi connectivity index (χ1v) is 7.78. The SMILES string of the molecule is CC[C@]12Cc3c(ccc4[nH]ncc34)C1=C(C)C(=O)[C@@H](C)C2. The largest absolute Gasteiger partial charge is 0.294 e. The second kappa shape index (κ2) is 4.06. The molecule has 0 amide bonds. The van der Waals surface area contributed by atoms with E-state index in [0.717, 1.165) is 30.4 Å². The van der Waals surface area contributed by atoms with Crippen LogP contribution in [-0.2, 0) is 11.2 Å². The molecule has 21 heavy (non-hydrogen) atoms. The van der Waals surface area contributed by atoms with Crippen LogP contribution < -0.4 is 0 Å². The van der Waals surface area contributed by atoms with E-state index < -0.39 is 0 Å². The van der Waals surface area contributed by atoms with Gasteiger partial charge in [0.2, 0.25) is 0 Å². The van der Waals surface area contributed by atoms with Gasteiger partial charge < -0.3 is 0 Å². The van der Waals surface area contributed by atoms with Gasteiger partial charge in [-0.15, -0.1) is 0 Å². The summed E-state index contributed by atoms with van der Waals surface area (Å²) in [5.74, 6) is 0.470. The van der Waals surface area contributed by atoms with Crippen molar-refractivity contribution in [3.8, 4) is 0 Å². The molecule has 2 aliphatic rings. The molecule has 0 bridgehead atoms. The predicted molar refractivity (Wildman–Crippen MR) is 83.9 cm³/mol. The van der Waals surface area contributed by atoms with Crippen molar-refractivity contribution in [1.29, 1.82) is 0 Å². The normalized spacial score (nSPS) is 28.1. The molecule has 2 aliphatic carbocycles. The first kappa shape index (κ1) is 12.8. The first-order chi connectivity index (χ1) is 10.1. The standard InChI is InChI=1S/C18H20N2O/c1-4-18-7-10(2)17(21)11(3)16(18)12-5-6-15-14(9-19-20-15)13(12)8-18/h5-6,9-10H,4,7-8H2,1-3H3,(H,19,20)/t10-,18-/m0/s1. The average molecular weight is 280 g/mol. The summed E-state index contributed by atoms with van der Waals surface area (Å²) in [6.07, 6.45) is 5.03. The molecule has 1 aromatic heterocycles. The Balaban J connectivity index is 2.05. The summed E-state index contributed by atoms with van der Waals surface area (Å²) in [6.45, 7) is 6.36.